The van der Waals surface area contributed by atoms with Crippen molar-refractivity contribution >= 4 is 11.8 Å². The fourth-order valence-corrected chi connectivity index (χ4v) is 3.65. The fraction of sp³-hybridized carbons (Fsp3) is 0.611. The number of likely N-dealkylation sites (tertiary alicyclic amines) is 2. The highest BCUT2D eigenvalue weighted by Gasteiger charge is 2.38. The summed E-state index contributed by atoms with van der Waals surface area (Å²) in [5.41, 5.74) is 1.14. The predicted octanol–water partition coefficient (Wildman–Crippen LogP) is 0.0976. The van der Waals surface area contributed by atoms with Crippen molar-refractivity contribution in [1.29, 1.82) is 0 Å². The Morgan fingerprint density at radius 1 is 1.36 bits per heavy atom. The number of carbonyl (C=O) groups is 2. The minimum absolute atomic E-state index is 0.0533. The molecule has 1 N–H and O–H groups in total. The third kappa shape index (κ3) is 4.16. The van der Waals surface area contributed by atoms with Crippen LogP contribution in [-0.4, -0.2) is 81.5 Å². The first-order chi connectivity index (χ1) is 12.1. The summed E-state index contributed by atoms with van der Waals surface area (Å²) in [6.45, 7) is 5.19. The standard InChI is InChI=1S/C18H26N4O3/c1-2-20(10-14-5-7-19-8-6-14)15-11-22(12-16(15)23)18(25)13-21-9-3-4-17(21)24/h5-8,15-16,23H,2-4,9-13H2,1H3/t15-,16-/m1/s1. The largest absolute Gasteiger partial charge is 0.390 e. The van der Waals surface area contributed by atoms with Gasteiger partial charge in [-0.05, 0) is 30.7 Å². The molecule has 3 heterocycles. The average Bonchev–Trinajstić information content (AvgIpc) is 3.20. The molecule has 0 aliphatic carbocycles. The van der Waals surface area contributed by atoms with Crippen LogP contribution in [0.4, 0.5) is 0 Å². The predicted molar refractivity (Wildman–Crippen MR) is 92.5 cm³/mol. The number of aromatic nitrogens is 1. The molecule has 25 heavy (non-hydrogen) atoms. The van der Waals surface area contributed by atoms with Crippen LogP contribution in [0.1, 0.15) is 25.3 Å². The molecule has 2 fully saturated rings. The van der Waals surface area contributed by atoms with Crippen LogP contribution in [0, 0.1) is 0 Å². The van der Waals surface area contributed by atoms with E-state index in [1.165, 1.54) is 0 Å². The van der Waals surface area contributed by atoms with Gasteiger partial charge in [0.1, 0.15) is 0 Å². The first kappa shape index (κ1) is 17.8. The van der Waals surface area contributed by atoms with Crippen LogP contribution in [0.3, 0.4) is 0 Å². The summed E-state index contributed by atoms with van der Waals surface area (Å²) in [5, 5.41) is 10.5. The molecule has 0 saturated carbocycles. The Morgan fingerprint density at radius 3 is 2.76 bits per heavy atom. The van der Waals surface area contributed by atoms with E-state index in [-0.39, 0.29) is 24.4 Å². The Morgan fingerprint density at radius 2 is 2.12 bits per heavy atom. The monoisotopic (exact) mass is 346 g/mol. The summed E-state index contributed by atoms with van der Waals surface area (Å²) in [4.78, 5) is 33.7. The number of likely N-dealkylation sites (N-methyl/N-ethyl adjacent to an activating group) is 1. The van der Waals surface area contributed by atoms with Crippen molar-refractivity contribution in [1.82, 2.24) is 19.7 Å². The first-order valence-corrected chi connectivity index (χ1v) is 8.95. The van der Waals surface area contributed by atoms with Gasteiger partial charge >= 0.3 is 0 Å². The number of aliphatic hydroxyl groups is 1. The number of hydrogen-bond acceptors (Lipinski definition) is 5. The summed E-state index contributed by atoms with van der Waals surface area (Å²) in [6.07, 6.45) is 4.31. The van der Waals surface area contributed by atoms with E-state index in [9.17, 15) is 14.7 Å². The highest BCUT2D eigenvalue weighted by atomic mass is 16.3. The maximum absolute atomic E-state index is 12.5. The lowest BCUT2D eigenvalue weighted by Crippen LogP contribution is -2.43. The van der Waals surface area contributed by atoms with Gasteiger partial charge in [0.15, 0.2) is 0 Å². The second kappa shape index (κ2) is 7.93. The van der Waals surface area contributed by atoms with Crippen LogP contribution in [0.2, 0.25) is 0 Å². The minimum Gasteiger partial charge on any atom is -0.390 e. The van der Waals surface area contributed by atoms with Crippen LogP contribution in [-0.2, 0) is 16.1 Å². The zero-order valence-electron chi connectivity index (χ0n) is 14.7. The van der Waals surface area contributed by atoms with Gasteiger partial charge in [0, 0.05) is 45.0 Å². The van der Waals surface area contributed by atoms with E-state index in [1.54, 1.807) is 22.2 Å². The topological polar surface area (TPSA) is 77.0 Å². The van der Waals surface area contributed by atoms with Crippen molar-refractivity contribution < 1.29 is 14.7 Å². The molecular weight excluding hydrogens is 320 g/mol. The SMILES string of the molecule is CCN(Cc1ccncc1)[C@@H]1CN(C(=O)CN2CCCC2=O)C[C@H]1O. The number of hydrogen-bond donors (Lipinski definition) is 1. The van der Waals surface area contributed by atoms with E-state index in [1.807, 2.05) is 12.1 Å². The lowest BCUT2D eigenvalue weighted by molar-refractivity contribution is -0.137. The van der Waals surface area contributed by atoms with Crippen molar-refractivity contribution in [2.45, 2.75) is 38.5 Å². The Bertz CT molecular complexity index is 610. The van der Waals surface area contributed by atoms with Crippen LogP contribution < -0.4 is 0 Å². The quantitative estimate of drug-likeness (QED) is 0.790. The minimum atomic E-state index is -0.569. The lowest BCUT2D eigenvalue weighted by atomic mass is 10.1. The second-order valence-electron chi connectivity index (χ2n) is 6.77. The summed E-state index contributed by atoms with van der Waals surface area (Å²) >= 11 is 0. The molecule has 2 saturated heterocycles. The molecule has 1 aromatic rings. The fourth-order valence-electron chi connectivity index (χ4n) is 3.65. The molecule has 2 amide bonds. The van der Waals surface area contributed by atoms with Crippen molar-refractivity contribution in [3.8, 4) is 0 Å². The van der Waals surface area contributed by atoms with E-state index in [0.29, 0.717) is 32.6 Å². The number of β-amino-alcohol motifs (C(OH)–C–C–N with tert-alkyl or cyclic N) is 1. The normalized spacial score (nSPS) is 23.7. The smallest absolute Gasteiger partial charge is 0.242 e. The molecule has 0 bridgehead atoms. The third-order valence-electron chi connectivity index (χ3n) is 5.12. The number of pyridine rings is 1. The highest BCUT2D eigenvalue weighted by Crippen LogP contribution is 2.20. The molecule has 0 unspecified atom stereocenters. The lowest BCUT2D eigenvalue weighted by Gasteiger charge is -2.29. The van der Waals surface area contributed by atoms with Gasteiger partial charge in [0.05, 0.1) is 18.7 Å². The van der Waals surface area contributed by atoms with Crippen molar-refractivity contribution in [2.24, 2.45) is 0 Å². The van der Waals surface area contributed by atoms with E-state index in [4.69, 9.17) is 0 Å². The van der Waals surface area contributed by atoms with Gasteiger partial charge in [-0.25, -0.2) is 0 Å². The van der Waals surface area contributed by atoms with Crippen molar-refractivity contribution in [2.75, 3.05) is 32.7 Å². The van der Waals surface area contributed by atoms with Crippen LogP contribution in [0.5, 0.6) is 0 Å². The maximum Gasteiger partial charge on any atom is 0.242 e. The Balaban J connectivity index is 1.59. The molecule has 7 nitrogen and oxygen atoms in total. The summed E-state index contributed by atoms with van der Waals surface area (Å²) in [7, 11) is 0. The summed E-state index contributed by atoms with van der Waals surface area (Å²) in [6, 6.07) is 3.84. The molecule has 7 heteroatoms. The van der Waals surface area contributed by atoms with E-state index < -0.39 is 6.10 Å². The van der Waals surface area contributed by atoms with Gasteiger partial charge in [-0.3, -0.25) is 19.5 Å². The molecule has 0 aromatic carbocycles. The van der Waals surface area contributed by atoms with Crippen LogP contribution in [0.25, 0.3) is 0 Å². The van der Waals surface area contributed by atoms with E-state index in [0.717, 1.165) is 18.5 Å². The number of rotatable bonds is 6. The zero-order chi connectivity index (χ0) is 17.8. The van der Waals surface area contributed by atoms with E-state index >= 15 is 0 Å². The Hall–Kier alpha value is -1.99. The Kier molecular flexibility index (Phi) is 5.65. The molecule has 2 aliphatic heterocycles. The second-order valence-corrected chi connectivity index (χ2v) is 6.77. The van der Waals surface area contributed by atoms with Gasteiger partial charge in [0.2, 0.25) is 11.8 Å². The number of amides is 2. The molecule has 1 aromatic heterocycles. The van der Waals surface area contributed by atoms with Crippen molar-refractivity contribution in [3.63, 3.8) is 0 Å². The molecule has 3 rings (SSSR count). The van der Waals surface area contributed by atoms with Crippen molar-refractivity contribution in [3.05, 3.63) is 30.1 Å². The highest BCUT2D eigenvalue weighted by molar-refractivity contribution is 5.86. The van der Waals surface area contributed by atoms with Crippen LogP contribution in [0.15, 0.2) is 24.5 Å². The maximum atomic E-state index is 12.5. The molecule has 0 radical (unpaired) electrons. The number of aliphatic hydroxyl groups excluding tert-OH is 1. The molecule has 0 spiro atoms. The zero-order valence-corrected chi connectivity index (χ0v) is 14.7. The van der Waals surface area contributed by atoms with Gasteiger partial charge < -0.3 is 14.9 Å². The molecule has 2 aliphatic rings. The molecular formula is C18H26N4O3. The van der Waals surface area contributed by atoms with Gasteiger partial charge in [-0.15, -0.1) is 0 Å². The van der Waals surface area contributed by atoms with Crippen LogP contribution >= 0.6 is 0 Å². The number of carbonyl (C=O) groups excluding carboxylic acids is 2. The summed E-state index contributed by atoms with van der Waals surface area (Å²) < 4.78 is 0. The van der Waals surface area contributed by atoms with Gasteiger partial charge in [-0.1, -0.05) is 6.92 Å². The Labute approximate surface area is 148 Å². The number of nitrogens with zero attached hydrogens (tertiary/aromatic N) is 4. The van der Waals surface area contributed by atoms with E-state index in [2.05, 4.69) is 16.8 Å². The molecule has 2 atom stereocenters. The van der Waals surface area contributed by atoms with Gasteiger partial charge in [0.25, 0.3) is 0 Å². The third-order valence-corrected chi connectivity index (χ3v) is 5.12. The average molecular weight is 346 g/mol. The molecule has 136 valence electrons. The van der Waals surface area contributed by atoms with Gasteiger partial charge in [-0.2, -0.15) is 0 Å². The summed E-state index contributed by atoms with van der Waals surface area (Å²) in [5.74, 6) is -0.0192. The first-order valence-electron chi connectivity index (χ1n) is 8.95.